The van der Waals surface area contributed by atoms with Gasteiger partial charge in [0.2, 0.25) is 15.9 Å². The number of rotatable bonds is 12. The summed E-state index contributed by atoms with van der Waals surface area (Å²) >= 11 is 0. The normalized spacial score (nSPS) is 15.0. The summed E-state index contributed by atoms with van der Waals surface area (Å²) in [5, 5.41) is 3.10. The molecule has 0 fully saturated rings. The van der Waals surface area contributed by atoms with Crippen molar-refractivity contribution in [1.82, 2.24) is 15.0 Å². The molecule has 1 unspecified atom stereocenters. The van der Waals surface area contributed by atoms with Crippen LogP contribution in [0.5, 0.6) is 5.75 Å². The molecule has 1 atom stereocenters. The van der Waals surface area contributed by atoms with Crippen molar-refractivity contribution in [3.63, 3.8) is 0 Å². The molecule has 0 bridgehead atoms. The number of carbonyl (C=O) groups excluding carboxylic acids is 1. The van der Waals surface area contributed by atoms with Crippen molar-refractivity contribution in [2.75, 3.05) is 13.7 Å². The molecule has 0 aliphatic heterocycles. The van der Waals surface area contributed by atoms with Crippen LogP contribution in [0.3, 0.4) is 0 Å². The van der Waals surface area contributed by atoms with E-state index >= 15 is 0 Å². The van der Waals surface area contributed by atoms with Crippen LogP contribution >= 0.6 is 0 Å². The van der Waals surface area contributed by atoms with Gasteiger partial charge in [-0.1, -0.05) is 36.8 Å². The summed E-state index contributed by atoms with van der Waals surface area (Å²) in [6.07, 6.45) is 7.35. The van der Waals surface area contributed by atoms with Crippen LogP contribution < -0.4 is 20.5 Å². The predicted octanol–water partition coefficient (Wildman–Crippen LogP) is 3.33. The standard InChI is InChI=1S/C29H34N4O4S/c1-37-23-13-14-25-22(19-23)12-15-28(26(25)18-21-8-7-16-31-20-21)33-29(34)27(30)11-5-6-17-32-38(35,36)24-9-3-2-4-10-24/h2-4,7-10,13-14,16,19-20,27,32H,5-6,11-12,15,17-18,30H2,1H3,(H,33,34). The summed E-state index contributed by atoms with van der Waals surface area (Å²) in [5.41, 5.74) is 9.56. The van der Waals surface area contributed by atoms with Crippen LogP contribution in [-0.2, 0) is 27.7 Å². The van der Waals surface area contributed by atoms with Crippen LogP contribution in [0.1, 0.15) is 42.4 Å². The maximum Gasteiger partial charge on any atom is 0.240 e. The maximum atomic E-state index is 13.0. The van der Waals surface area contributed by atoms with Crippen molar-refractivity contribution in [3.05, 3.63) is 102 Å². The highest BCUT2D eigenvalue weighted by Gasteiger charge is 2.33. The predicted molar refractivity (Wildman–Crippen MR) is 146 cm³/mol. The van der Waals surface area contributed by atoms with E-state index in [0.717, 1.165) is 35.3 Å². The SMILES string of the molecule is COc1ccc2c(c1)CC[C](NC(=O)C(N)CCCCNS(=O)(=O)c1ccccc1)[C]2Cc1cccnc1. The minimum absolute atomic E-state index is 0.231. The van der Waals surface area contributed by atoms with E-state index in [0.29, 0.717) is 32.1 Å². The van der Waals surface area contributed by atoms with Crippen LogP contribution in [0.15, 0.2) is 78.0 Å². The largest absolute Gasteiger partial charge is 0.497 e. The summed E-state index contributed by atoms with van der Waals surface area (Å²) in [6.45, 7) is 0.284. The number of amides is 1. The third kappa shape index (κ3) is 7.18. The van der Waals surface area contributed by atoms with Gasteiger partial charge in [0, 0.05) is 24.9 Å². The number of methoxy groups -OCH3 is 1. The molecule has 200 valence electrons. The highest BCUT2D eigenvalue weighted by molar-refractivity contribution is 7.89. The van der Waals surface area contributed by atoms with Gasteiger partial charge in [-0.05, 0) is 79.1 Å². The van der Waals surface area contributed by atoms with E-state index in [1.54, 1.807) is 43.6 Å². The topological polar surface area (TPSA) is 123 Å². The van der Waals surface area contributed by atoms with Gasteiger partial charge in [0.15, 0.2) is 0 Å². The number of hydrogen-bond acceptors (Lipinski definition) is 6. The van der Waals surface area contributed by atoms with Crippen molar-refractivity contribution in [1.29, 1.82) is 0 Å². The van der Waals surface area contributed by atoms with Gasteiger partial charge < -0.3 is 15.8 Å². The molecule has 1 aliphatic carbocycles. The number of sulfonamides is 1. The van der Waals surface area contributed by atoms with Crippen molar-refractivity contribution in [3.8, 4) is 5.75 Å². The second-order valence-corrected chi connectivity index (χ2v) is 11.1. The minimum atomic E-state index is -3.54. The minimum Gasteiger partial charge on any atom is -0.497 e. The third-order valence-corrected chi connectivity index (χ3v) is 8.13. The van der Waals surface area contributed by atoms with Gasteiger partial charge in [0.25, 0.3) is 0 Å². The number of pyridine rings is 1. The molecule has 1 aromatic heterocycles. The van der Waals surface area contributed by atoms with E-state index in [9.17, 15) is 13.2 Å². The van der Waals surface area contributed by atoms with Crippen molar-refractivity contribution in [2.24, 2.45) is 5.73 Å². The lowest BCUT2D eigenvalue weighted by molar-refractivity contribution is -0.122. The first-order valence-corrected chi connectivity index (χ1v) is 14.2. The average molecular weight is 535 g/mol. The zero-order valence-corrected chi connectivity index (χ0v) is 22.3. The van der Waals surface area contributed by atoms with Gasteiger partial charge in [-0.2, -0.15) is 0 Å². The first-order chi connectivity index (χ1) is 18.4. The molecule has 0 saturated heterocycles. The van der Waals surface area contributed by atoms with Gasteiger partial charge in [0.05, 0.1) is 24.1 Å². The third-order valence-electron chi connectivity index (χ3n) is 6.65. The van der Waals surface area contributed by atoms with Gasteiger partial charge in [0.1, 0.15) is 5.75 Å². The number of nitrogens with one attached hydrogen (secondary N) is 2. The molecule has 38 heavy (non-hydrogen) atoms. The Morgan fingerprint density at radius 1 is 1.08 bits per heavy atom. The van der Waals surface area contributed by atoms with Crippen molar-refractivity contribution < 1.29 is 17.9 Å². The molecule has 0 saturated carbocycles. The molecule has 2 radical (unpaired) electrons. The van der Waals surface area contributed by atoms with Crippen molar-refractivity contribution in [2.45, 2.75) is 49.5 Å². The highest BCUT2D eigenvalue weighted by Crippen LogP contribution is 2.39. The Kier molecular flexibility index (Phi) is 9.49. The number of hydrogen-bond donors (Lipinski definition) is 3. The summed E-state index contributed by atoms with van der Waals surface area (Å²) in [7, 11) is -1.88. The zero-order valence-electron chi connectivity index (χ0n) is 21.5. The van der Waals surface area contributed by atoms with Gasteiger partial charge in [-0.15, -0.1) is 0 Å². The second-order valence-electron chi connectivity index (χ2n) is 9.32. The number of benzene rings is 2. The zero-order chi connectivity index (χ0) is 27.0. The summed E-state index contributed by atoms with van der Waals surface area (Å²) in [5.74, 6) is 1.63. The fraction of sp³-hybridized carbons (Fsp3) is 0.310. The lowest BCUT2D eigenvalue weighted by Gasteiger charge is -2.34. The maximum absolute atomic E-state index is 13.0. The molecular weight excluding hydrogens is 500 g/mol. The molecule has 3 aromatic rings. The Balaban J connectivity index is 1.32. The lowest BCUT2D eigenvalue weighted by atomic mass is 9.76. The number of carbonyl (C=O) groups is 1. The molecule has 0 spiro atoms. The molecule has 9 heteroatoms. The van der Waals surface area contributed by atoms with Gasteiger partial charge >= 0.3 is 0 Å². The molecule has 1 aliphatic rings. The lowest BCUT2D eigenvalue weighted by Crippen LogP contribution is -2.45. The number of unbranched alkanes of at least 4 members (excludes halogenated alkanes) is 1. The number of aromatic nitrogens is 1. The van der Waals surface area contributed by atoms with E-state index in [-0.39, 0.29) is 17.3 Å². The first-order valence-electron chi connectivity index (χ1n) is 12.8. The average Bonchev–Trinajstić information content (AvgIpc) is 2.94. The highest BCUT2D eigenvalue weighted by atomic mass is 32.2. The fourth-order valence-electron chi connectivity index (χ4n) is 4.57. The molecule has 4 rings (SSSR count). The number of fused-ring (bicyclic) bond motifs is 1. The number of nitrogens with zero attached hydrogens (tertiary/aromatic N) is 1. The molecule has 1 heterocycles. The Morgan fingerprint density at radius 2 is 1.89 bits per heavy atom. The molecule has 1 amide bonds. The summed E-state index contributed by atoms with van der Waals surface area (Å²) in [4.78, 5) is 17.5. The van der Waals surface area contributed by atoms with E-state index in [1.807, 2.05) is 30.5 Å². The Hall–Kier alpha value is -3.27. The Bertz CT molecular complexity index is 1300. The quantitative estimate of drug-likeness (QED) is 0.306. The molecular formula is C29H34N4O4S. The molecule has 4 N–H and O–H groups in total. The van der Waals surface area contributed by atoms with Crippen LogP contribution in [0.2, 0.25) is 0 Å². The smallest absolute Gasteiger partial charge is 0.240 e. The molecule has 8 nitrogen and oxygen atoms in total. The van der Waals surface area contributed by atoms with Crippen LogP contribution in [0, 0.1) is 12.0 Å². The Labute approximate surface area is 225 Å². The number of aryl methyl sites for hydroxylation is 1. The van der Waals surface area contributed by atoms with Crippen LogP contribution in [-0.4, -0.2) is 39.0 Å². The fourth-order valence-corrected chi connectivity index (χ4v) is 5.66. The first kappa shape index (κ1) is 27.8. The second kappa shape index (κ2) is 13.0. The van der Waals surface area contributed by atoms with Crippen LogP contribution in [0.25, 0.3) is 0 Å². The molecule has 2 aromatic carbocycles. The van der Waals surface area contributed by atoms with Crippen LogP contribution in [0.4, 0.5) is 0 Å². The number of nitrogens with two attached hydrogens (primary N) is 1. The van der Waals surface area contributed by atoms with Gasteiger partial charge in [-0.25, -0.2) is 13.1 Å². The van der Waals surface area contributed by atoms with E-state index in [4.69, 9.17) is 10.5 Å². The number of ether oxygens (including phenoxy) is 1. The van der Waals surface area contributed by atoms with E-state index in [2.05, 4.69) is 21.1 Å². The van der Waals surface area contributed by atoms with E-state index < -0.39 is 16.1 Å². The van der Waals surface area contributed by atoms with Gasteiger partial charge in [-0.3, -0.25) is 9.78 Å². The van der Waals surface area contributed by atoms with E-state index in [1.165, 1.54) is 5.56 Å². The summed E-state index contributed by atoms with van der Waals surface area (Å²) < 4.78 is 32.7. The monoisotopic (exact) mass is 534 g/mol. The summed E-state index contributed by atoms with van der Waals surface area (Å²) in [6, 6.07) is 18.4. The van der Waals surface area contributed by atoms with Crippen molar-refractivity contribution >= 4 is 15.9 Å². The Morgan fingerprint density at radius 3 is 2.63 bits per heavy atom.